The number of unbranched alkanes of at least 4 members (excludes halogenated alkanes) is 12. The summed E-state index contributed by atoms with van der Waals surface area (Å²) in [6.07, 6.45) is 17.2. The third-order valence-corrected chi connectivity index (χ3v) is 8.59. The minimum absolute atomic E-state index is 0.0140. The molecule has 3 aromatic carbocycles. The summed E-state index contributed by atoms with van der Waals surface area (Å²) in [7, 11) is 0. The molecule has 3 aromatic rings. The van der Waals surface area contributed by atoms with Crippen molar-refractivity contribution >= 4 is 23.5 Å². The highest BCUT2D eigenvalue weighted by molar-refractivity contribution is 5.97. The van der Waals surface area contributed by atoms with Gasteiger partial charge in [0, 0.05) is 24.0 Å². The fourth-order valence-electron chi connectivity index (χ4n) is 5.68. The minimum atomic E-state index is -0.573. The first-order valence-corrected chi connectivity index (χ1v) is 18.1. The molecular formula is C42H54O6. The van der Waals surface area contributed by atoms with Crippen molar-refractivity contribution in [2.75, 3.05) is 0 Å². The van der Waals surface area contributed by atoms with E-state index in [1.165, 1.54) is 57.4 Å². The SMILES string of the molecule is CCCCCCCCCC(=O)c1cccc(COC(=O)c2cccc(C(=O)OCc3cccc(C(=O)CCCCCCCCC)c3)c2)c1. The predicted molar refractivity (Wildman–Crippen MR) is 191 cm³/mol. The summed E-state index contributed by atoms with van der Waals surface area (Å²) in [4.78, 5) is 51.1. The van der Waals surface area contributed by atoms with Crippen molar-refractivity contribution in [3.05, 3.63) is 106 Å². The molecular weight excluding hydrogens is 600 g/mol. The monoisotopic (exact) mass is 654 g/mol. The topological polar surface area (TPSA) is 86.7 Å². The van der Waals surface area contributed by atoms with Gasteiger partial charge in [-0.3, -0.25) is 9.59 Å². The van der Waals surface area contributed by atoms with Gasteiger partial charge < -0.3 is 9.47 Å². The molecule has 0 heterocycles. The van der Waals surface area contributed by atoms with E-state index in [0.717, 1.165) is 49.7 Å². The Morgan fingerprint density at radius 3 is 1.21 bits per heavy atom. The van der Waals surface area contributed by atoms with Crippen LogP contribution in [-0.4, -0.2) is 23.5 Å². The maximum atomic E-state index is 12.8. The van der Waals surface area contributed by atoms with Gasteiger partial charge in [-0.2, -0.15) is 0 Å². The van der Waals surface area contributed by atoms with Crippen molar-refractivity contribution in [3.8, 4) is 0 Å². The summed E-state index contributed by atoms with van der Waals surface area (Å²) in [5, 5.41) is 0. The molecule has 0 bridgehead atoms. The molecule has 0 aliphatic carbocycles. The molecule has 0 fully saturated rings. The van der Waals surface area contributed by atoms with Crippen LogP contribution in [0.3, 0.4) is 0 Å². The highest BCUT2D eigenvalue weighted by Gasteiger charge is 2.15. The number of benzene rings is 3. The molecule has 0 atom stereocenters. The van der Waals surface area contributed by atoms with Crippen molar-refractivity contribution in [2.24, 2.45) is 0 Å². The van der Waals surface area contributed by atoms with E-state index in [9.17, 15) is 19.2 Å². The maximum absolute atomic E-state index is 12.8. The lowest BCUT2D eigenvalue weighted by Crippen LogP contribution is -2.10. The largest absolute Gasteiger partial charge is 0.457 e. The predicted octanol–water partition coefficient (Wildman–Crippen LogP) is 11.0. The zero-order valence-corrected chi connectivity index (χ0v) is 29.1. The van der Waals surface area contributed by atoms with Gasteiger partial charge in [0.15, 0.2) is 11.6 Å². The average molecular weight is 655 g/mol. The van der Waals surface area contributed by atoms with Crippen LogP contribution in [0.2, 0.25) is 0 Å². The van der Waals surface area contributed by atoms with E-state index in [1.54, 1.807) is 54.6 Å². The number of esters is 2. The van der Waals surface area contributed by atoms with E-state index in [2.05, 4.69) is 13.8 Å². The van der Waals surface area contributed by atoms with E-state index < -0.39 is 11.9 Å². The molecule has 258 valence electrons. The zero-order valence-electron chi connectivity index (χ0n) is 29.1. The fraction of sp³-hybridized carbons (Fsp3) is 0.476. The first-order valence-electron chi connectivity index (χ1n) is 18.1. The summed E-state index contributed by atoms with van der Waals surface area (Å²) < 4.78 is 11.0. The summed E-state index contributed by atoms with van der Waals surface area (Å²) in [5.74, 6) is -0.942. The van der Waals surface area contributed by atoms with Crippen LogP contribution in [0, 0.1) is 0 Å². The summed E-state index contributed by atoms with van der Waals surface area (Å²) >= 11 is 0. The Morgan fingerprint density at radius 2 is 0.792 bits per heavy atom. The van der Waals surface area contributed by atoms with Gasteiger partial charge in [0.2, 0.25) is 0 Å². The first-order chi connectivity index (χ1) is 23.4. The van der Waals surface area contributed by atoms with Gasteiger partial charge in [-0.15, -0.1) is 0 Å². The molecule has 0 N–H and O–H groups in total. The van der Waals surface area contributed by atoms with Crippen molar-refractivity contribution in [1.29, 1.82) is 0 Å². The quantitative estimate of drug-likeness (QED) is 0.0543. The van der Waals surface area contributed by atoms with Gasteiger partial charge in [-0.25, -0.2) is 9.59 Å². The Hall–Kier alpha value is -4.06. The summed E-state index contributed by atoms with van der Waals surface area (Å²) in [5.41, 5.74) is 3.17. The van der Waals surface area contributed by atoms with Crippen LogP contribution in [0.4, 0.5) is 0 Å². The first kappa shape index (κ1) is 38.4. The Morgan fingerprint density at radius 1 is 0.438 bits per heavy atom. The van der Waals surface area contributed by atoms with Crippen LogP contribution >= 0.6 is 0 Å². The second-order valence-corrected chi connectivity index (χ2v) is 12.7. The summed E-state index contributed by atoms with van der Waals surface area (Å²) in [6, 6.07) is 20.7. The second kappa shape index (κ2) is 22.5. The molecule has 48 heavy (non-hydrogen) atoms. The molecule has 0 unspecified atom stereocenters. The molecule has 0 radical (unpaired) electrons. The van der Waals surface area contributed by atoms with Gasteiger partial charge in [0.05, 0.1) is 11.1 Å². The number of carbonyl (C=O) groups excluding carboxylic acids is 4. The van der Waals surface area contributed by atoms with E-state index >= 15 is 0 Å². The number of ketones is 2. The lowest BCUT2D eigenvalue weighted by Gasteiger charge is -2.09. The van der Waals surface area contributed by atoms with E-state index in [-0.39, 0.29) is 35.9 Å². The molecule has 0 aliphatic heterocycles. The van der Waals surface area contributed by atoms with Gasteiger partial charge >= 0.3 is 11.9 Å². The molecule has 0 saturated carbocycles. The Bertz CT molecular complexity index is 1340. The lowest BCUT2D eigenvalue weighted by atomic mass is 10.0. The van der Waals surface area contributed by atoms with E-state index in [1.807, 2.05) is 12.1 Å². The number of carbonyl (C=O) groups is 4. The molecule has 6 nitrogen and oxygen atoms in total. The highest BCUT2D eigenvalue weighted by Crippen LogP contribution is 2.17. The zero-order chi connectivity index (χ0) is 34.4. The van der Waals surface area contributed by atoms with Crippen molar-refractivity contribution in [3.63, 3.8) is 0 Å². The van der Waals surface area contributed by atoms with Crippen molar-refractivity contribution < 1.29 is 28.7 Å². The Balaban J connectivity index is 1.44. The van der Waals surface area contributed by atoms with Crippen LogP contribution in [-0.2, 0) is 22.7 Å². The minimum Gasteiger partial charge on any atom is -0.457 e. The third-order valence-electron chi connectivity index (χ3n) is 8.59. The Kier molecular flexibility index (Phi) is 18.0. The van der Waals surface area contributed by atoms with Crippen LogP contribution < -0.4 is 0 Å². The number of hydrogen-bond acceptors (Lipinski definition) is 6. The number of Topliss-reactive ketones (excluding diaryl/α,β-unsaturated/α-hetero) is 2. The smallest absolute Gasteiger partial charge is 0.338 e. The van der Waals surface area contributed by atoms with E-state index in [4.69, 9.17) is 9.47 Å². The third kappa shape index (κ3) is 14.4. The van der Waals surface area contributed by atoms with Gasteiger partial charge in [-0.05, 0) is 54.3 Å². The molecule has 0 amide bonds. The van der Waals surface area contributed by atoms with E-state index in [0.29, 0.717) is 24.0 Å². The standard InChI is InChI=1S/C42H54O6/c1-3-5-7-9-11-13-15-26-39(43)35-22-17-20-33(28-35)31-47-41(45)37-24-19-25-38(30-37)42(46)48-32-34-21-18-23-36(29-34)40(44)27-16-14-12-10-8-6-4-2/h17-25,28-30H,3-16,26-27,31-32H2,1-2H3. The van der Waals surface area contributed by atoms with Crippen molar-refractivity contribution in [2.45, 2.75) is 130 Å². The molecule has 0 aliphatic rings. The highest BCUT2D eigenvalue weighted by atomic mass is 16.5. The average Bonchev–Trinajstić information content (AvgIpc) is 3.12. The van der Waals surface area contributed by atoms with Crippen molar-refractivity contribution in [1.82, 2.24) is 0 Å². The normalized spacial score (nSPS) is 10.9. The van der Waals surface area contributed by atoms with Gasteiger partial charge in [0.1, 0.15) is 13.2 Å². The van der Waals surface area contributed by atoms with Crippen LogP contribution in [0.15, 0.2) is 72.8 Å². The van der Waals surface area contributed by atoms with Crippen LogP contribution in [0.25, 0.3) is 0 Å². The van der Waals surface area contributed by atoms with Gasteiger partial charge in [-0.1, -0.05) is 133 Å². The second-order valence-electron chi connectivity index (χ2n) is 12.7. The molecule has 0 spiro atoms. The summed E-state index contributed by atoms with van der Waals surface area (Å²) in [6.45, 7) is 4.44. The molecule has 0 aromatic heterocycles. The van der Waals surface area contributed by atoms with Gasteiger partial charge in [0.25, 0.3) is 0 Å². The number of hydrogen-bond donors (Lipinski definition) is 0. The Labute approximate surface area is 287 Å². The maximum Gasteiger partial charge on any atom is 0.338 e. The molecule has 6 heteroatoms. The number of ether oxygens (including phenoxy) is 2. The van der Waals surface area contributed by atoms with Crippen LogP contribution in [0.5, 0.6) is 0 Å². The van der Waals surface area contributed by atoms with Crippen LogP contribution in [0.1, 0.15) is 169 Å². The lowest BCUT2D eigenvalue weighted by molar-refractivity contribution is 0.0470. The number of rotatable bonds is 24. The fourth-order valence-corrected chi connectivity index (χ4v) is 5.68. The molecule has 3 rings (SSSR count). The molecule has 0 saturated heterocycles.